The zero-order valence-corrected chi connectivity index (χ0v) is 10.7. The van der Waals surface area contributed by atoms with Crippen LogP contribution in [0, 0.1) is 23.1 Å². The average Bonchev–Trinajstić information content (AvgIpc) is 2.41. The highest BCUT2D eigenvalue weighted by atomic mass is 19.1. The molecule has 0 heterocycles. The highest BCUT2D eigenvalue weighted by Crippen LogP contribution is 2.30. The highest BCUT2D eigenvalue weighted by Gasteiger charge is 2.24. The van der Waals surface area contributed by atoms with E-state index in [1.54, 1.807) is 12.1 Å². The molecule has 0 radical (unpaired) electrons. The zero-order valence-electron chi connectivity index (χ0n) is 10.7. The summed E-state index contributed by atoms with van der Waals surface area (Å²) in [5, 5.41) is 12.0. The monoisotopic (exact) mass is 246 g/mol. The van der Waals surface area contributed by atoms with Crippen molar-refractivity contribution >= 4 is 5.69 Å². The van der Waals surface area contributed by atoms with Crippen molar-refractivity contribution < 1.29 is 4.39 Å². The molecule has 1 N–H and O–H groups in total. The Kier molecular flexibility index (Phi) is 4.19. The van der Waals surface area contributed by atoms with Gasteiger partial charge in [-0.3, -0.25) is 0 Å². The van der Waals surface area contributed by atoms with E-state index in [-0.39, 0.29) is 5.82 Å². The van der Waals surface area contributed by atoms with Crippen molar-refractivity contribution in [1.82, 2.24) is 0 Å². The summed E-state index contributed by atoms with van der Waals surface area (Å²) in [7, 11) is 0. The number of halogens is 1. The quantitative estimate of drug-likeness (QED) is 0.872. The molecule has 0 saturated heterocycles. The van der Waals surface area contributed by atoms with Gasteiger partial charge in [-0.2, -0.15) is 5.26 Å². The number of nitrogens with zero attached hydrogens (tertiary/aromatic N) is 1. The van der Waals surface area contributed by atoms with E-state index < -0.39 is 0 Å². The maximum Gasteiger partial charge on any atom is 0.147 e. The van der Waals surface area contributed by atoms with Gasteiger partial charge in [0.25, 0.3) is 0 Å². The predicted molar refractivity (Wildman–Crippen MR) is 70.8 cm³/mol. The Morgan fingerprint density at radius 1 is 1.39 bits per heavy atom. The Labute approximate surface area is 108 Å². The van der Waals surface area contributed by atoms with Gasteiger partial charge >= 0.3 is 0 Å². The molecule has 96 valence electrons. The van der Waals surface area contributed by atoms with Gasteiger partial charge in [0.15, 0.2) is 0 Å². The molecule has 0 aliphatic heterocycles. The van der Waals surface area contributed by atoms with Crippen LogP contribution in [0.2, 0.25) is 0 Å². The number of nitriles is 1. The molecule has 1 aromatic rings. The lowest BCUT2D eigenvalue weighted by atomic mass is 9.83. The molecule has 2 nitrogen and oxygen atoms in total. The van der Waals surface area contributed by atoms with E-state index in [0.29, 0.717) is 23.2 Å². The fourth-order valence-corrected chi connectivity index (χ4v) is 2.79. The Morgan fingerprint density at radius 3 is 2.83 bits per heavy atom. The van der Waals surface area contributed by atoms with Crippen molar-refractivity contribution in [1.29, 1.82) is 5.26 Å². The van der Waals surface area contributed by atoms with Gasteiger partial charge in [-0.15, -0.1) is 0 Å². The molecule has 18 heavy (non-hydrogen) atoms. The Bertz CT molecular complexity index is 450. The number of rotatable bonds is 3. The number of benzene rings is 1. The van der Waals surface area contributed by atoms with Gasteiger partial charge in [-0.05, 0) is 37.0 Å². The van der Waals surface area contributed by atoms with Crippen molar-refractivity contribution in [3.05, 3.63) is 29.6 Å². The van der Waals surface area contributed by atoms with E-state index >= 15 is 0 Å². The Morgan fingerprint density at radius 2 is 2.17 bits per heavy atom. The molecule has 1 saturated carbocycles. The van der Waals surface area contributed by atoms with Gasteiger partial charge in [0.1, 0.15) is 5.82 Å². The highest BCUT2D eigenvalue weighted by molar-refractivity contribution is 5.49. The van der Waals surface area contributed by atoms with E-state index in [0.717, 1.165) is 12.8 Å². The molecule has 3 heteroatoms. The van der Waals surface area contributed by atoms with Crippen molar-refractivity contribution in [2.75, 3.05) is 5.32 Å². The fraction of sp³-hybridized carbons (Fsp3) is 0.533. The van der Waals surface area contributed by atoms with E-state index in [9.17, 15) is 4.39 Å². The van der Waals surface area contributed by atoms with Crippen LogP contribution in [0.15, 0.2) is 18.2 Å². The lowest BCUT2D eigenvalue weighted by molar-refractivity contribution is 0.316. The van der Waals surface area contributed by atoms with Crippen LogP contribution in [-0.4, -0.2) is 6.04 Å². The molecule has 2 atom stereocenters. The molecule has 1 aliphatic rings. The third-order valence-electron chi connectivity index (χ3n) is 3.87. The van der Waals surface area contributed by atoms with Crippen LogP contribution in [-0.2, 0) is 0 Å². The van der Waals surface area contributed by atoms with Crippen LogP contribution in [0.3, 0.4) is 0 Å². The largest absolute Gasteiger partial charge is 0.380 e. The number of hydrogen-bond acceptors (Lipinski definition) is 2. The summed E-state index contributed by atoms with van der Waals surface area (Å²) in [5.74, 6) is 0.309. The summed E-state index contributed by atoms with van der Waals surface area (Å²) < 4.78 is 13.8. The van der Waals surface area contributed by atoms with Crippen molar-refractivity contribution in [2.45, 2.75) is 45.1 Å². The second-order valence-corrected chi connectivity index (χ2v) is 5.01. The third kappa shape index (κ3) is 2.81. The minimum atomic E-state index is -0.325. The minimum absolute atomic E-state index is 0.325. The smallest absolute Gasteiger partial charge is 0.147 e. The molecular formula is C15H19FN2. The second-order valence-electron chi connectivity index (χ2n) is 5.01. The number of anilines is 1. The Balaban J connectivity index is 2.10. The molecule has 2 unspecified atom stereocenters. The van der Waals surface area contributed by atoms with Crippen molar-refractivity contribution in [3.63, 3.8) is 0 Å². The van der Waals surface area contributed by atoms with Crippen LogP contribution in [0.5, 0.6) is 0 Å². The first-order valence-corrected chi connectivity index (χ1v) is 6.70. The van der Waals surface area contributed by atoms with Gasteiger partial charge in [0.2, 0.25) is 0 Å². The fourth-order valence-electron chi connectivity index (χ4n) is 2.79. The van der Waals surface area contributed by atoms with Crippen LogP contribution in [0.4, 0.5) is 10.1 Å². The van der Waals surface area contributed by atoms with Crippen LogP contribution >= 0.6 is 0 Å². The van der Waals surface area contributed by atoms with E-state index in [2.05, 4.69) is 12.2 Å². The molecule has 0 bridgehead atoms. The summed E-state index contributed by atoms with van der Waals surface area (Å²) >= 11 is 0. The molecule has 1 aromatic carbocycles. The summed E-state index contributed by atoms with van der Waals surface area (Å²) in [5.41, 5.74) is 0.896. The Hall–Kier alpha value is -1.56. The van der Waals surface area contributed by atoms with Crippen molar-refractivity contribution in [3.8, 4) is 6.07 Å². The molecular weight excluding hydrogens is 227 g/mol. The second kappa shape index (κ2) is 5.86. The molecule has 0 aromatic heterocycles. The summed E-state index contributed by atoms with van der Waals surface area (Å²) in [6.07, 6.45) is 5.97. The van der Waals surface area contributed by atoms with E-state index in [1.807, 2.05) is 6.07 Å². The molecule has 0 spiro atoms. The zero-order chi connectivity index (χ0) is 13.0. The number of nitrogens with one attached hydrogen (secondary N) is 1. The topological polar surface area (TPSA) is 35.8 Å². The van der Waals surface area contributed by atoms with E-state index in [1.165, 1.54) is 25.3 Å². The summed E-state index contributed by atoms with van der Waals surface area (Å²) in [4.78, 5) is 0. The van der Waals surface area contributed by atoms with Gasteiger partial charge < -0.3 is 5.32 Å². The molecule has 1 aliphatic carbocycles. The molecule has 0 amide bonds. The van der Waals surface area contributed by atoms with Gasteiger partial charge in [0.05, 0.1) is 17.3 Å². The molecule has 1 fully saturated rings. The van der Waals surface area contributed by atoms with Gasteiger partial charge in [-0.25, -0.2) is 4.39 Å². The normalized spacial score (nSPS) is 23.4. The first-order valence-electron chi connectivity index (χ1n) is 6.70. The minimum Gasteiger partial charge on any atom is -0.380 e. The first kappa shape index (κ1) is 12.9. The SMILES string of the molecule is CCC1CCCCC1Nc1ccc(C#N)cc1F. The summed E-state index contributed by atoms with van der Waals surface area (Å²) in [6, 6.07) is 6.95. The van der Waals surface area contributed by atoms with Gasteiger partial charge in [-0.1, -0.05) is 26.2 Å². The van der Waals surface area contributed by atoms with Gasteiger partial charge in [0, 0.05) is 6.04 Å². The molecule has 2 rings (SSSR count). The summed E-state index contributed by atoms with van der Waals surface area (Å²) in [6.45, 7) is 2.19. The maximum atomic E-state index is 13.8. The lowest BCUT2D eigenvalue weighted by Crippen LogP contribution is -2.32. The van der Waals surface area contributed by atoms with Crippen LogP contribution in [0.1, 0.15) is 44.6 Å². The van der Waals surface area contributed by atoms with Crippen LogP contribution in [0.25, 0.3) is 0 Å². The maximum absolute atomic E-state index is 13.8. The lowest BCUT2D eigenvalue weighted by Gasteiger charge is -2.32. The number of hydrogen-bond donors (Lipinski definition) is 1. The standard InChI is InChI=1S/C15H19FN2/c1-2-12-5-3-4-6-14(12)18-15-8-7-11(10-17)9-13(15)16/h7-9,12,14,18H,2-6H2,1H3. The predicted octanol–water partition coefficient (Wildman–Crippen LogP) is 4.08. The third-order valence-corrected chi connectivity index (χ3v) is 3.87. The van der Waals surface area contributed by atoms with E-state index in [4.69, 9.17) is 5.26 Å². The average molecular weight is 246 g/mol. The van der Waals surface area contributed by atoms with Crippen LogP contribution < -0.4 is 5.32 Å². The first-order chi connectivity index (χ1) is 8.74. The van der Waals surface area contributed by atoms with Crippen molar-refractivity contribution in [2.24, 2.45) is 5.92 Å².